The summed E-state index contributed by atoms with van der Waals surface area (Å²) in [5.74, 6) is -0.469. The van der Waals surface area contributed by atoms with E-state index in [4.69, 9.17) is 4.74 Å². The third kappa shape index (κ3) is 5.06. The maximum Gasteiger partial charge on any atom is 0.257 e. The van der Waals surface area contributed by atoms with Crippen molar-refractivity contribution in [1.82, 2.24) is 5.32 Å². The third-order valence-electron chi connectivity index (χ3n) is 3.03. The summed E-state index contributed by atoms with van der Waals surface area (Å²) in [7, 11) is 0. The van der Waals surface area contributed by atoms with Crippen LogP contribution in [0.15, 0.2) is 46.9 Å². The van der Waals surface area contributed by atoms with Gasteiger partial charge in [0, 0.05) is 16.7 Å². The smallest absolute Gasteiger partial charge is 0.257 e. The van der Waals surface area contributed by atoms with Crippen LogP contribution in [0.5, 0.6) is 5.75 Å². The lowest BCUT2D eigenvalue weighted by molar-refractivity contribution is -0.122. The van der Waals surface area contributed by atoms with Crippen LogP contribution >= 0.6 is 15.9 Å². The van der Waals surface area contributed by atoms with E-state index in [-0.39, 0.29) is 18.4 Å². The lowest BCUT2D eigenvalue weighted by Gasteiger charge is -2.09. The average molecular weight is 395 g/mol. The van der Waals surface area contributed by atoms with Gasteiger partial charge in [-0.3, -0.25) is 9.59 Å². The van der Waals surface area contributed by atoms with Crippen LogP contribution in [0.4, 0.5) is 10.1 Å². The van der Waals surface area contributed by atoms with Crippen molar-refractivity contribution in [3.05, 3.63) is 58.3 Å². The van der Waals surface area contributed by atoms with Gasteiger partial charge in [0.15, 0.2) is 6.61 Å². The maximum atomic E-state index is 13.1. The highest BCUT2D eigenvalue weighted by Crippen LogP contribution is 2.21. The zero-order chi connectivity index (χ0) is 17.5. The average Bonchev–Trinajstić information content (AvgIpc) is 2.54. The van der Waals surface area contributed by atoms with Crippen LogP contribution in [0.3, 0.4) is 0 Å². The number of amides is 2. The summed E-state index contributed by atoms with van der Waals surface area (Å²) >= 11 is 3.16. The van der Waals surface area contributed by atoms with Gasteiger partial charge in [-0.05, 0) is 65.3 Å². The molecule has 2 amide bonds. The van der Waals surface area contributed by atoms with Crippen molar-refractivity contribution in [2.45, 2.75) is 6.92 Å². The Labute approximate surface area is 147 Å². The van der Waals surface area contributed by atoms with E-state index in [1.54, 1.807) is 24.3 Å². The third-order valence-corrected chi connectivity index (χ3v) is 3.69. The summed E-state index contributed by atoms with van der Waals surface area (Å²) in [5.41, 5.74) is 0.884. The van der Waals surface area contributed by atoms with Gasteiger partial charge >= 0.3 is 0 Å². The molecule has 7 heteroatoms. The van der Waals surface area contributed by atoms with Crippen LogP contribution < -0.4 is 15.4 Å². The van der Waals surface area contributed by atoms with Crippen molar-refractivity contribution in [1.29, 1.82) is 0 Å². The van der Waals surface area contributed by atoms with E-state index in [0.717, 1.165) is 0 Å². The molecular formula is C17H16BrFN2O3. The fraction of sp³-hybridized carbons (Fsp3) is 0.176. The van der Waals surface area contributed by atoms with Crippen LogP contribution in [0.2, 0.25) is 0 Å². The number of benzene rings is 2. The molecule has 0 heterocycles. The largest absolute Gasteiger partial charge is 0.484 e. The summed E-state index contributed by atoms with van der Waals surface area (Å²) in [6, 6.07) is 10.5. The molecule has 0 bridgehead atoms. The lowest BCUT2D eigenvalue weighted by Crippen LogP contribution is -2.28. The van der Waals surface area contributed by atoms with E-state index >= 15 is 0 Å². The normalized spacial score (nSPS) is 10.1. The molecule has 2 aromatic rings. The van der Waals surface area contributed by atoms with E-state index in [2.05, 4.69) is 26.6 Å². The summed E-state index contributed by atoms with van der Waals surface area (Å²) < 4.78 is 18.8. The number of ether oxygens (including phenoxy) is 1. The fourth-order valence-corrected chi connectivity index (χ4v) is 2.43. The molecule has 0 atom stereocenters. The molecule has 0 unspecified atom stereocenters. The molecule has 0 fully saturated rings. The fourth-order valence-electron chi connectivity index (χ4n) is 1.90. The van der Waals surface area contributed by atoms with Crippen molar-refractivity contribution in [3.8, 4) is 5.75 Å². The van der Waals surface area contributed by atoms with Gasteiger partial charge in [0.2, 0.25) is 0 Å². The van der Waals surface area contributed by atoms with Gasteiger partial charge in [-0.25, -0.2) is 4.39 Å². The quantitative estimate of drug-likeness (QED) is 0.789. The summed E-state index contributed by atoms with van der Waals surface area (Å²) in [6.45, 7) is 2.31. The second-order valence-corrected chi connectivity index (χ2v) is 5.70. The molecule has 2 rings (SSSR count). The Hall–Kier alpha value is -2.41. The van der Waals surface area contributed by atoms with Crippen LogP contribution in [0.1, 0.15) is 17.3 Å². The molecule has 0 radical (unpaired) electrons. The van der Waals surface area contributed by atoms with E-state index in [1.165, 1.54) is 18.2 Å². The van der Waals surface area contributed by atoms with Crippen LogP contribution in [-0.4, -0.2) is 25.0 Å². The van der Waals surface area contributed by atoms with Crippen molar-refractivity contribution in [2.75, 3.05) is 18.5 Å². The molecule has 0 saturated heterocycles. The topological polar surface area (TPSA) is 67.4 Å². The zero-order valence-electron chi connectivity index (χ0n) is 12.9. The van der Waals surface area contributed by atoms with Gasteiger partial charge in [0.05, 0.1) is 5.56 Å². The molecule has 0 saturated carbocycles. The van der Waals surface area contributed by atoms with E-state index < -0.39 is 5.82 Å². The Morgan fingerprint density at radius 3 is 2.50 bits per heavy atom. The minimum atomic E-state index is -0.424. The van der Waals surface area contributed by atoms with Crippen LogP contribution in [0, 0.1) is 5.82 Å². The molecule has 0 spiro atoms. The predicted octanol–water partition coefficient (Wildman–Crippen LogP) is 3.36. The van der Waals surface area contributed by atoms with Crippen molar-refractivity contribution >= 4 is 33.4 Å². The number of rotatable bonds is 6. The van der Waals surface area contributed by atoms with Crippen LogP contribution in [0.25, 0.3) is 0 Å². The number of carbonyl (C=O) groups is 2. The Balaban J connectivity index is 1.96. The number of nitrogens with one attached hydrogen (secondary N) is 2. The number of hydrogen-bond donors (Lipinski definition) is 2. The number of halogens is 2. The second kappa shape index (κ2) is 8.44. The van der Waals surface area contributed by atoms with Gasteiger partial charge in [-0.15, -0.1) is 0 Å². The lowest BCUT2D eigenvalue weighted by atomic mass is 10.2. The van der Waals surface area contributed by atoms with Gasteiger partial charge in [-0.2, -0.15) is 0 Å². The summed E-state index contributed by atoms with van der Waals surface area (Å²) in [5, 5.41) is 5.33. The van der Waals surface area contributed by atoms with Gasteiger partial charge in [0.25, 0.3) is 11.8 Å². The molecule has 0 aliphatic rings. The van der Waals surface area contributed by atoms with Crippen molar-refractivity contribution in [3.63, 3.8) is 0 Å². The minimum Gasteiger partial charge on any atom is -0.484 e. The second-order valence-electron chi connectivity index (χ2n) is 4.84. The molecular weight excluding hydrogens is 379 g/mol. The highest BCUT2D eigenvalue weighted by atomic mass is 79.9. The van der Waals surface area contributed by atoms with Crippen molar-refractivity contribution < 1.29 is 18.7 Å². The zero-order valence-corrected chi connectivity index (χ0v) is 14.5. The van der Waals surface area contributed by atoms with E-state index in [1.807, 2.05) is 6.92 Å². The molecule has 0 aromatic heterocycles. The molecule has 126 valence electrons. The number of likely N-dealkylation sites (N-methyl/N-ethyl adjacent to an activating group) is 1. The van der Waals surface area contributed by atoms with Crippen LogP contribution in [-0.2, 0) is 4.79 Å². The molecule has 5 nitrogen and oxygen atoms in total. The number of anilines is 1. The molecule has 0 aliphatic carbocycles. The molecule has 2 N–H and O–H groups in total. The summed E-state index contributed by atoms with van der Waals surface area (Å²) in [4.78, 5) is 23.5. The first-order valence-corrected chi connectivity index (χ1v) is 8.05. The highest BCUT2D eigenvalue weighted by molar-refractivity contribution is 9.10. The number of hydrogen-bond acceptors (Lipinski definition) is 3. The first kappa shape index (κ1) is 17.9. The van der Waals surface area contributed by atoms with E-state index in [9.17, 15) is 14.0 Å². The Kier molecular flexibility index (Phi) is 6.31. The van der Waals surface area contributed by atoms with E-state index in [0.29, 0.717) is 28.0 Å². The number of carbonyl (C=O) groups excluding carboxylic acids is 2. The Bertz CT molecular complexity index is 735. The van der Waals surface area contributed by atoms with Crippen molar-refractivity contribution in [2.24, 2.45) is 0 Å². The first-order valence-electron chi connectivity index (χ1n) is 7.25. The SMILES string of the molecule is CCNC(=O)COc1ccc(NC(=O)c2ccc(F)cc2Br)cc1. The first-order chi connectivity index (χ1) is 11.5. The summed E-state index contributed by atoms with van der Waals surface area (Å²) in [6.07, 6.45) is 0. The predicted molar refractivity (Wildman–Crippen MR) is 92.7 cm³/mol. The van der Waals surface area contributed by atoms with Gasteiger partial charge in [-0.1, -0.05) is 0 Å². The minimum absolute atomic E-state index is 0.0674. The Morgan fingerprint density at radius 2 is 1.88 bits per heavy atom. The molecule has 24 heavy (non-hydrogen) atoms. The highest BCUT2D eigenvalue weighted by Gasteiger charge is 2.11. The van der Waals surface area contributed by atoms with Gasteiger partial charge < -0.3 is 15.4 Å². The molecule has 0 aliphatic heterocycles. The monoisotopic (exact) mass is 394 g/mol. The Morgan fingerprint density at radius 1 is 1.17 bits per heavy atom. The molecule has 2 aromatic carbocycles. The van der Waals surface area contributed by atoms with Gasteiger partial charge in [0.1, 0.15) is 11.6 Å². The maximum absolute atomic E-state index is 13.1. The standard InChI is InChI=1S/C17H16BrFN2O3/c1-2-20-16(22)10-24-13-6-4-12(5-7-13)21-17(23)14-8-3-11(19)9-15(14)18/h3-9H,2,10H2,1H3,(H,20,22)(H,21,23).